The van der Waals surface area contributed by atoms with Gasteiger partial charge in [0.2, 0.25) is 5.91 Å². The van der Waals surface area contributed by atoms with Crippen molar-refractivity contribution in [3.63, 3.8) is 0 Å². The van der Waals surface area contributed by atoms with Crippen LogP contribution >= 0.6 is 0 Å². The molecule has 0 aromatic carbocycles. The van der Waals surface area contributed by atoms with Crippen molar-refractivity contribution in [3.05, 3.63) is 0 Å². The predicted octanol–water partition coefficient (Wildman–Crippen LogP) is 12.9. The van der Waals surface area contributed by atoms with Gasteiger partial charge in [0, 0.05) is 6.42 Å². The SMILES string of the molecule is CCCCCCCCCCCCCCCCCCCCCCCC(=O)N[C@@H](CO)[C@@H](O)CCCCCCCCCCCCCCC. The third-order valence-corrected chi connectivity index (χ3v) is 10.1. The van der Waals surface area contributed by atoms with Crippen LogP contribution in [0.2, 0.25) is 0 Å². The summed E-state index contributed by atoms with van der Waals surface area (Å²) >= 11 is 0. The maximum absolute atomic E-state index is 12.4. The lowest BCUT2D eigenvalue weighted by Crippen LogP contribution is -2.45. The zero-order valence-corrected chi connectivity index (χ0v) is 31.6. The summed E-state index contributed by atoms with van der Waals surface area (Å²) in [6.07, 6.45) is 46.0. The highest BCUT2D eigenvalue weighted by atomic mass is 16.3. The van der Waals surface area contributed by atoms with Gasteiger partial charge in [-0.3, -0.25) is 4.79 Å². The quantitative estimate of drug-likeness (QED) is 0.0579. The molecule has 0 radical (unpaired) electrons. The molecule has 0 unspecified atom stereocenters. The molecule has 0 fully saturated rings. The van der Waals surface area contributed by atoms with E-state index in [1.807, 2.05) is 0 Å². The molecule has 0 aliphatic heterocycles. The van der Waals surface area contributed by atoms with Gasteiger partial charge in [-0.05, 0) is 12.8 Å². The number of rotatable bonds is 39. The summed E-state index contributed by atoms with van der Waals surface area (Å²) in [6, 6.07) is -0.528. The van der Waals surface area contributed by atoms with Crippen LogP contribution in [0, 0.1) is 0 Å². The molecule has 0 aromatic rings. The molecule has 0 bridgehead atoms. The largest absolute Gasteiger partial charge is 0.394 e. The van der Waals surface area contributed by atoms with E-state index in [1.165, 1.54) is 193 Å². The summed E-state index contributed by atoms with van der Waals surface area (Å²) in [5, 5.41) is 23.1. The second-order valence-corrected chi connectivity index (χ2v) is 14.8. The fourth-order valence-corrected chi connectivity index (χ4v) is 6.83. The number of hydrogen-bond acceptors (Lipinski definition) is 3. The van der Waals surface area contributed by atoms with E-state index in [-0.39, 0.29) is 12.5 Å². The number of carbonyl (C=O) groups is 1. The van der Waals surface area contributed by atoms with Crippen LogP contribution in [0.15, 0.2) is 0 Å². The van der Waals surface area contributed by atoms with Gasteiger partial charge in [-0.25, -0.2) is 0 Å². The summed E-state index contributed by atoms with van der Waals surface area (Å²) < 4.78 is 0. The topological polar surface area (TPSA) is 69.6 Å². The summed E-state index contributed by atoms with van der Waals surface area (Å²) in [4.78, 5) is 12.4. The molecule has 0 saturated heterocycles. The Balaban J connectivity index is 3.45. The number of nitrogens with one attached hydrogen (secondary N) is 1. The third kappa shape index (κ3) is 34.7. The first-order valence-electron chi connectivity index (χ1n) is 21.2. The number of aliphatic hydroxyl groups excluding tert-OH is 2. The van der Waals surface area contributed by atoms with Gasteiger partial charge in [-0.1, -0.05) is 226 Å². The molecule has 4 nitrogen and oxygen atoms in total. The Morgan fingerprint density at radius 3 is 0.978 bits per heavy atom. The Morgan fingerprint density at radius 1 is 0.435 bits per heavy atom. The zero-order chi connectivity index (χ0) is 33.6. The number of unbranched alkanes of at least 4 members (excludes halogenated alkanes) is 32. The Kier molecular flexibility index (Phi) is 38.3. The van der Waals surface area contributed by atoms with Crippen LogP contribution in [-0.2, 0) is 4.79 Å². The number of carbonyl (C=O) groups excluding carboxylic acids is 1. The minimum Gasteiger partial charge on any atom is -0.394 e. The van der Waals surface area contributed by atoms with Gasteiger partial charge in [0.25, 0.3) is 0 Å². The van der Waals surface area contributed by atoms with Crippen molar-refractivity contribution in [2.24, 2.45) is 0 Å². The van der Waals surface area contributed by atoms with Gasteiger partial charge in [0.1, 0.15) is 0 Å². The van der Waals surface area contributed by atoms with E-state index in [0.29, 0.717) is 12.8 Å². The first-order chi connectivity index (χ1) is 22.7. The fraction of sp³-hybridized carbons (Fsp3) is 0.976. The van der Waals surface area contributed by atoms with Gasteiger partial charge in [0.15, 0.2) is 0 Å². The minimum absolute atomic E-state index is 0.0266. The Labute approximate surface area is 289 Å². The average Bonchev–Trinajstić information content (AvgIpc) is 3.06. The van der Waals surface area contributed by atoms with Crippen LogP contribution < -0.4 is 5.32 Å². The maximum atomic E-state index is 12.4. The Bertz CT molecular complexity index is 583. The van der Waals surface area contributed by atoms with E-state index in [1.54, 1.807) is 0 Å². The number of amides is 1. The second kappa shape index (κ2) is 38.8. The van der Waals surface area contributed by atoms with Gasteiger partial charge in [-0.2, -0.15) is 0 Å². The fourth-order valence-electron chi connectivity index (χ4n) is 6.83. The van der Waals surface area contributed by atoms with Crippen molar-refractivity contribution < 1.29 is 15.0 Å². The highest BCUT2D eigenvalue weighted by Gasteiger charge is 2.20. The van der Waals surface area contributed by atoms with Crippen LogP contribution in [0.5, 0.6) is 0 Å². The molecule has 276 valence electrons. The first kappa shape index (κ1) is 45.4. The van der Waals surface area contributed by atoms with Crippen LogP contribution in [0.4, 0.5) is 0 Å². The Morgan fingerprint density at radius 2 is 0.696 bits per heavy atom. The highest BCUT2D eigenvalue weighted by Crippen LogP contribution is 2.17. The molecule has 4 heteroatoms. The first-order valence-corrected chi connectivity index (χ1v) is 21.2. The molecular formula is C42H85NO3. The predicted molar refractivity (Wildman–Crippen MR) is 203 cm³/mol. The third-order valence-electron chi connectivity index (χ3n) is 10.1. The van der Waals surface area contributed by atoms with E-state index >= 15 is 0 Å². The van der Waals surface area contributed by atoms with Crippen LogP contribution in [0.25, 0.3) is 0 Å². The van der Waals surface area contributed by atoms with E-state index in [2.05, 4.69) is 19.2 Å². The van der Waals surface area contributed by atoms with Gasteiger partial charge in [-0.15, -0.1) is 0 Å². The summed E-state index contributed by atoms with van der Waals surface area (Å²) in [5.41, 5.74) is 0. The van der Waals surface area contributed by atoms with Crippen molar-refractivity contribution in [3.8, 4) is 0 Å². The van der Waals surface area contributed by atoms with Gasteiger partial charge in [0.05, 0.1) is 18.8 Å². The van der Waals surface area contributed by atoms with Crippen LogP contribution in [-0.4, -0.2) is 34.9 Å². The van der Waals surface area contributed by atoms with Crippen molar-refractivity contribution in [2.45, 2.75) is 257 Å². The molecule has 3 N–H and O–H groups in total. The lowest BCUT2D eigenvalue weighted by molar-refractivity contribution is -0.123. The molecule has 0 rings (SSSR count). The smallest absolute Gasteiger partial charge is 0.220 e. The van der Waals surface area contributed by atoms with Gasteiger partial charge < -0.3 is 15.5 Å². The second-order valence-electron chi connectivity index (χ2n) is 14.8. The summed E-state index contributed by atoms with van der Waals surface area (Å²) in [6.45, 7) is 4.37. The molecule has 1 amide bonds. The lowest BCUT2D eigenvalue weighted by atomic mass is 10.0. The van der Waals surface area contributed by atoms with Gasteiger partial charge >= 0.3 is 0 Å². The average molecular weight is 652 g/mol. The molecule has 0 aliphatic rings. The molecule has 0 saturated carbocycles. The van der Waals surface area contributed by atoms with Crippen molar-refractivity contribution in [1.82, 2.24) is 5.32 Å². The standard InChI is InChI=1S/C42H85NO3/c1-3-5-7-9-11-13-15-17-18-19-20-21-22-23-24-26-28-30-32-34-36-38-42(46)43-40(39-44)41(45)37-35-33-31-29-27-25-16-14-12-10-8-6-4-2/h40-41,44-45H,3-39H2,1-2H3,(H,43,46)/t40-,41-/m0/s1. The van der Waals surface area contributed by atoms with E-state index in [4.69, 9.17) is 0 Å². The molecule has 0 aliphatic carbocycles. The van der Waals surface area contributed by atoms with Crippen molar-refractivity contribution >= 4 is 5.91 Å². The molecule has 46 heavy (non-hydrogen) atoms. The minimum atomic E-state index is -0.652. The monoisotopic (exact) mass is 652 g/mol. The zero-order valence-electron chi connectivity index (χ0n) is 31.6. The summed E-state index contributed by atoms with van der Waals surface area (Å²) in [7, 11) is 0. The van der Waals surface area contributed by atoms with E-state index in [0.717, 1.165) is 25.7 Å². The van der Waals surface area contributed by atoms with E-state index in [9.17, 15) is 15.0 Å². The number of aliphatic hydroxyl groups is 2. The lowest BCUT2D eigenvalue weighted by Gasteiger charge is -2.22. The van der Waals surface area contributed by atoms with E-state index < -0.39 is 12.1 Å². The van der Waals surface area contributed by atoms with Crippen molar-refractivity contribution in [1.29, 1.82) is 0 Å². The van der Waals surface area contributed by atoms with Crippen molar-refractivity contribution in [2.75, 3.05) is 6.61 Å². The molecule has 2 atom stereocenters. The maximum Gasteiger partial charge on any atom is 0.220 e. The molecule has 0 heterocycles. The molecular weight excluding hydrogens is 566 g/mol. The van der Waals surface area contributed by atoms with Crippen LogP contribution in [0.3, 0.4) is 0 Å². The normalized spacial score (nSPS) is 12.9. The summed E-state index contributed by atoms with van der Waals surface area (Å²) in [5.74, 6) is -0.0266. The Hall–Kier alpha value is -0.610. The van der Waals surface area contributed by atoms with Crippen LogP contribution in [0.1, 0.15) is 245 Å². The molecule has 0 aromatic heterocycles. The molecule has 0 spiro atoms. The number of hydrogen-bond donors (Lipinski definition) is 3. The highest BCUT2D eigenvalue weighted by molar-refractivity contribution is 5.76.